The lowest BCUT2D eigenvalue weighted by Gasteiger charge is -2.30. The molecule has 5 nitrogen and oxygen atoms in total. The molecule has 5 heteroatoms. The van der Waals surface area contributed by atoms with E-state index < -0.39 is 11.2 Å². The molecule has 0 saturated carbocycles. The lowest BCUT2D eigenvalue weighted by molar-refractivity contribution is -0.566. The second kappa shape index (κ2) is 3.28. The Hall–Kier alpha value is -0.940. The Kier molecular flexibility index (Phi) is 2.65. The van der Waals surface area contributed by atoms with E-state index in [0.29, 0.717) is 16.9 Å². The van der Waals surface area contributed by atoms with Crippen LogP contribution in [0.15, 0.2) is 0 Å². The third-order valence-corrected chi connectivity index (χ3v) is 3.29. The number of carbonyl (C=O) groups excluding carboxylic acids is 1. The maximum absolute atomic E-state index is 12.0. The monoisotopic (exact) mass is 214 g/mol. The minimum Gasteiger partial charge on any atom is -0.622 e. The lowest BCUT2D eigenvalue weighted by Crippen LogP contribution is -2.57. The van der Waals surface area contributed by atoms with Crippen molar-refractivity contribution in [3.8, 4) is 0 Å². The molecular weight excluding hydrogens is 196 g/mol. The maximum Gasteiger partial charge on any atom is 0.307 e. The first-order chi connectivity index (χ1) is 6.70. The average Bonchev–Trinajstić information content (AvgIpc) is 2.26. The molecule has 1 heterocycles. The van der Waals surface area contributed by atoms with Crippen molar-refractivity contribution in [2.45, 2.75) is 52.2 Å². The molecule has 0 aromatic carbocycles. The first kappa shape index (κ1) is 12.1. The van der Waals surface area contributed by atoms with Crippen LogP contribution in [0.1, 0.15) is 41.0 Å². The van der Waals surface area contributed by atoms with E-state index in [1.807, 2.05) is 6.92 Å². The van der Waals surface area contributed by atoms with Gasteiger partial charge in [-0.15, -0.1) is 5.06 Å². The third kappa shape index (κ3) is 1.30. The van der Waals surface area contributed by atoms with Gasteiger partial charge in [0.1, 0.15) is 5.54 Å². The van der Waals surface area contributed by atoms with Crippen molar-refractivity contribution in [1.82, 2.24) is 5.06 Å². The van der Waals surface area contributed by atoms with E-state index in [1.165, 1.54) is 13.8 Å². The molecule has 0 bridgehead atoms. The van der Waals surface area contributed by atoms with Crippen molar-refractivity contribution < 1.29 is 14.7 Å². The molecule has 0 aromatic rings. The van der Waals surface area contributed by atoms with Gasteiger partial charge in [0.15, 0.2) is 5.71 Å². The molecular formula is C10H18N2O3. The second-order valence-electron chi connectivity index (χ2n) is 4.54. The van der Waals surface area contributed by atoms with E-state index in [9.17, 15) is 15.2 Å². The van der Waals surface area contributed by atoms with E-state index in [4.69, 9.17) is 0 Å². The Bertz CT molecular complexity index is 336. The fraction of sp³-hybridized carbons (Fsp3) is 0.800. The molecule has 0 aromatic heterocycles. The van der Waals surface area contributed by atoms with Gasteiger partial charge in [0.05, 0.1) is 0 Å². The summed E-state index contributed by atoms with van der Waals surface area (Å²) in [5, 5.41) is 22.8. The fourth-order valence-corrected chi connectivity index (χ4v) is 2.13. The molecule has 0 fully saturated rings. The number of nitrogens with zero attached hydrogens (tertiary/aromatic N) is 2. The molecule has 1 aliphatic rings. The first-order valence-corrected chi connectivity index (χ1v) is 5.04. The van der Waals surface area contributed by atoms with Gasteiger partial charge in [-0.2, -0.15) is 4.74 Å². The van der Waals surface area contributed by atoms with Crippen LogP contribution in [0.4, 0.5) is 0 Å². The largest absolute Gasteiger partial charge is 0.622 e. The number of rotatable bonds is 2. The predicted molar refractivity (Wildman–Crippen MR) is 55.7 cm³/mol. The van der Waals surface area contributed by atoms with Gasteiger partial charge in [0.25, 0.3) is 0 Å². The zero-order valence-electron chi connectivity index (χ0n) is 9.87. The summed E-state index contributed by atoms with van der Waals surface area (Å²) in [4.78, 5) is 11.5. The van der Waals surface area contributed by atoms with Gasteiger partial charge in [-0.3, -0.25) is 4.79 Å². The molecule has 0 unspecified atom stereocenters. The fourth-order valence-electron chi connectivity index (χ4n) is 2.13. The van der Waals surface area contributed by atoms with Gasteiger partial charge in [0.2, 0.25) is 5.78 Å². The van der Waals surface area contributed by atoms with Crippen LogP contribution in [-0.2, 0) is 4.79 Å². The molecule has 0 spiro atoms. The predicted octanol–water partition coefficient (Wildman–Crippen LogP) is 1.14. The standard InChI is InChI=1S/C10H18N2O3/c1-6-8-9(3,4)12(15)10(5,7(2)13)11(8)14/h15H,6H2,1-5H3/t10-/m0/s1. The SMILES string of the molecule is CCC1=[N+]([O-])[C@](C)(C(C)=O)N(O)C1(C)C. The Balaban J connectivity index is 3.38. The molecule has 1 aliphatic heterocycles. The van der Waals surface area contributed by atoms with Gasteiger partial charge in [0, 0.05) is 20.3 Å². The van der Waals surface area contributed by atoms with Crippen LogP contribution in [0.2, 0.25) is 0 Å². The summed E-state index contributed by atoms with van der Waals surface area (Å²) in [6, 6.07) is 0. The molecule has 1 rings (SSSR count). The highest BCUT2D eigenvalue weighted by Gasteiger charge is 2.61. The minimum atomic E-state index is -1.49. The minimum absolute atomic E-state index is 0.364. The van der Waals surface area contributed by atoms with E-state index in [-0.39, 0.29) is 5.78 Å². The summed E-state index contributed by atoms with van der Waals surface area (Å²) in [5.74, 6) is -0.364. The smallest absolute Gasteiger partial charge is 0.307 e. The lowest BCUT2D eigenvalue weighted by atomic mass is 9.96. The molecule has 1 N–H and O–H groups in total. The van der Waals surface area contributed by atoms with Crippen molar-refractivity contribution in [2.24, 2.45) is 0 Å². The number of carbonyl (C=O) groups is 1. The zero-order chi connectivity index (χ0) is 12.0. The highest BCUT2D eigenvalue weighted by atomic mass is 16.6. The normalized spacial score (nSPS) is 31.1. The van der Waals surface area contributed by atoms with E-state index in [2.05, 4.69) is 0 Å². The molecule has 15 heavy (non-hydrogen) atoms. The number of hydroxylamine groups is 3. The van der Waals surface area contributed by atoms with Crippen molar-refractivity contribution >= 4 is 11.5 Å². The van der Waals surface area contributed by atoms with Gasteiger partial charge in [-0.25, -0.2) is 0 Å². The Morgan fingerprint density at radius 1 is 1.53 bits per heavy atom. The molecule has 0 radical (unpaired) electrons. The summed E-state index contributed by atoms with van der Waals surface area (Å²) in [7, 11) is 0. The highest BCUT2D eigenvalue weighted by Crippen LogP contribution is 2.34. The van der Waals surface area contributed by atoms with E-state index in [0.717, 1.165) is 5.06 Å². The summed E-state index contributed by atoms with van der Waals surface area (Å²) < 4.78 is 0.634. The first-order valence-electron chi connectivity index (χ1n) is 5.04. The quantitative estimate of drug-likeness (QED) is 0.553. The highest BCUT2D eigenvalue weighted by molar-refractivity contribution is 5.94. The summed E-state index contributed by atoms with van der Waals surface area (Å²) in [6.45, 7) is 8.03. The Labute approximate surface area is 89.5 Å². The molecule has 86 valence electrons. The topological polar surface area (TPSA) is 66.6 Å². The Morgan fingerprint density at radius 2 is 2.00 bits per heavy atom. The van der Waals surface area contributed by atoms with Crippen molar-refractivity contribution in [1.29, 1.82) is 0 Å². The Morgan fingerprint density at radius 3 is 2.20 bits per heavy atom. The summed E-state index contributed by atoms with van der Waals surface area (Å²) in [5.41, 5.74) is -1.77. The van der Waals surface area contributed by atoms with Crippen LogP contribution >= 0.6 is 0 Å². The van der Waals surface area contributed by atoms with Crippen molar-refractivity contribution in [2.75, 3.05) is 0 Å². The van der Waals surface area contributed by atoms with Crippen molar-refractivity contribution in [3.05, 3.63) is 5.21 Å². The van der Waals surface area contributed by atoms with E-state index >= 15 is 0 Å². The van der Waals surface area contributed by atoms with Gasteiger partial charge in [-0.05, 0) is 13.8 Å². The molecule has 0 aliphatic carbocycles. The van der Waals surface area contributed by atoms with Gasteiger partial charge < -0.3 is 10.4 Å². The molecule has 1 atom stereocenters. The summed E-state index contributed by atoms with van der Waals surface area (Å²) >= 11 is 0. The van der Waals surface area contributed by atoms with Crippen LogP contribution in [-0.4, -0.2) is 37.7 Å². The van der Waals surface area contributed by atoms with Crippen LogP contribution in [0.3, 0.4) is 0 Å². The summed E-state index contributed by atoms with van der Waals surface area (Å²) in [6.07, 6.45) is 0.510. The van der Waals surface area contributed by atoms with Crippen LogP contribution < -0.4 is 0 Å². The van der Waals surface area contributed by atoms with Crippen LogP contribution in [0, 0.1) is 5.21 Å². The van der Waals surface area contributed by atoms with Gasteiger partial charge in [-0.1, -0.05) is 6.92 Å². The number of hydrogen-bond acceptors (Lipinski definition) is 4. The van der Waals surface area contributed by atoms with Crippen LogP contribution in [0.5, 0.6) is 0 Å². The van der Waals surface area contributed by atoms with Crippen LogP contribution in [0.25, 0.3) is 0 Å². The number of Topliss-reactive ketones (excluding diaryl/α,β-unsaturated/α-hetero) is 1. The number of ketones is 1. The average molecular weight is 214 g/mol. The number of hydrogen-bond donors (Lipinski definition) is 1. The maximum atomic E-state index is 12.0. The second-order valence-corrected chi connectivity index (χ2v) is 4.54. The molecule has 0 amide bonds. The third-order valence-electron chi connectivity index (χ3n) is 3.29. The molecule has 0 saturated heterocycles. The zero-order valence-corrected chi connectivity index (χ0v) is 9.87. The van der Waals surface area contributed by atoms with E-state index in [1.54, 1.807) is 13.8 Å². The van der Waals surface area contributed by atoms with Crippen molar-refractivity contribution in [3.63, 3.8) is 0 Å². The van der Waals surface area contributed by atoms with Gasteiger partial charge >= 0.3 is 5.66 Å².